The van der Waals surface area contributed by atoms with E-state index in [0.29, 0.717) is 12.5 Å². The minimum Gasteiger partial charge on any atom is -0.348 e. The molecule has 2 heterocycles. The molecule has 1 N–H and O–H groups in total. The first kappa shape index (κ1) is 20.5. The van der Waals surface area contributed by atoms with E-state index in [1.807, 2.05) is 12.3 Å². The molecular weight excluding hydrogens is 346 g/mol. The SMILES string of the molecule is CC(C)(C)CC(NC(=O)CN1CCC(c2ccccc2)CC1)c1cccnc1. The molecule has 1 aliphatic rings. The number of aromatic nitrogens is 1. The van der Waals surface area contributed by atoms with Gasteiger partial charge in [-0.1, -0.05) is 57.2 Å². The number of likely N-dealkylation sites (tertiary alicyclic amines) is 1. The Morgan fingerprint density at radius 1 is 1.14 bits per heavy atom. The van der Waals surface area contributed by atoms with E-state index in [-0.39, 0.29) is 17.4 Å². The predicted molar refractivity (Wildman–Crippen MR) is 114 cm³/mol. The topological polar surface area (TPSA) is 45.2 Å². The lowest BCUT2D eigenvalue weighted by atomic mass is 9.86. The number of carbonyl (C=O) groups excluding carboxylic acids is 1. The Labute approximate surface area is 169 Å². The molecule has 150 valence electrons. The van der Waals surface area contributed by atoms with Crippen LogP contribution in [0.2, 0.25) is 0 Å². The summed E-state index contributed by atoms with van der Waals surface area (Å²) in [4.78, 5) is 19.3. The molecule has 4 nitrogen and oxygen atoms in total. The molecule has 1 fully saturated rings. The highest BCUT2D eigenvalue weighted by Crippen LogP contribution is 2.30. The van der Waals surface area contributed by atoms with E-state index in [0.717, 1.165) is 37.9 Å². The van der Waals surface area contributed by atoms with Crippen molar-refractivity contribution in [3.63, 3.8) is 0 Å². The molecule has 1 unspecified atom stereocenters. The third-order valence-electron chi connectivity index (χ3n) is 5.46. The maximum absolute atomic E-state index is 12.8. The monoisotopic (exact) mass is 379 g/mol. The molecule has 0 bridgehead atoms. The lowest BCUT2D eigenvalue weighted by Crippen LogP contribution is -2.42. The summed E-state index contributed by atoms with van der Waals surface area (Å²) >= 11 is 0. The van der Waals surface area contributed by atoms with Crippen molar-refractivity contribution in [2.75, 3.05) is 19.6 Å². The van der Waals surface area contributed by atoms with Gasteiger partial charge in [-0.05, 0) is 60.9 Å². The third-order valence-corrected chi connectivity index (χ3v) is 5.46. The van der Waals surface area contributed by atoms with Crippen LogP contribution in [0.4, 0.5) is 0 Å². The number of piperidine rings is 1. The van der Waals surface area contributed by atoms with Gasteiger partial charge in [-0.15, -0.1) is 0 Å². The molecule has 1 aliphatic heterocycles. The quantitative estimate of drug-likeness (QED) is 0.800. The zero-order chi connectivity index (χ0) is 20.0. The molecule has 0 aliphatic carbocycles. The Hall–Kier alpha value is -2.20. The van der Waals surface area contributed by atoms with Crippen molar-refractivity contribution in [2.24, 2.45) is 5.41 Å². The fraction of sp³-hybridized carbons (Fsp3) is 0.500. The van der Waals surface area contributed by atoms with Crippen LogP contribution in [0.15, 0.2) is 54.9 Å². The number of hydrogen-bond acceptors (Lipinski definition) is 3. The highest BCUT2D eigenvalue weighted by atomic mass is 16.2. The van der Waals surface area contributed by atoms with Crippen molar-refractivity contribution in [3.8, 4) is 0 Å². The summed E-state index contributed by atoms with van der Waals surface area (Å²) in [6.07, 6.45) is 6.76. The minimum atomic E-state index is 0.00283. The fourth-order valence-corrected chi connectivity index (χ4v) is 4.04. The van der Waals surface area contributed by atoms with E-state index < -0.39 is 0 Å². The summed E-state index contributed by atoms with van der Waals surface area (Å²) in [5.41, 5.74) is 2.63. The first-order chi connectivity index (χ1) is 13.4. The van der Waals surface area contributed by atoms with Gasteiger partial charge in [0.05, 0.1) is 12.6 Å². The number of rotatable bonds is 6. The molecule has 1 aromatic carbocycles. The molecule has 4 heteroatoms. The van der Waals surface area contributed by atoms with E-state index >= 15 is 0 Å². The van der Waals surface area contributed by atoms with Gasteiger partial charge in [0.1, 0.15) is 0 Å². The summed E-state index contributed by atoms with van der Waals surface area (Å²) in [6.45, 7) is 9.04. The van der Waals surface area contributed by atoms with Crippen LogP contribution >= 0.6 is 0 Å². The van der Waals surface area contributed by atoms with Crippen LogP contribution in [0.3, 0.4) is 0 Å². The predicted octanol–water partition coefficient (Wildman–Crippen LogP) is 4.55. The van der Waals surface area contributed by atoms with Crippen LogP contribution in [0.1, 0.15) is 63.1 Å². The van der Waals surface area contributed by atoms with Crippen molar-refractivity contribution in [1.29, 1.82) is 0 Å². The molecule has 2 aromatic rings. The van der Waals surface area contributed by atoms with Gasteiger partial charge in [-0.2, -0.15) is 0 Å². The van der Waals surface area contributed by atoms with Crippen LogP contribution in [-0.4, -0.2) is 35.4 Å². The van der Waals surface area contributed by atoms with Crippen LogP contribution in [-0.2, 0) is 4.79 Å². The van der Waals surface area contributed by atoms with E-state index in [4.69, 9.17) is 0 Å². The van der Waals surface area contributed by atoms with Crippen molar-refractivity contribution in [3.05, 3.63) is 66.0 Å². The van der Waals surface area contributed by atoms with Crippen molar-refractivity contribution < 1.29 is 4.79 Å². The number of nitrogens with one attached hydrogen (secondary N) is 1. The normalized spacial score (nSPS) is 17.2. The van der Waals surface area contributed by atoms with Crippen molar-refractivity contribution in [1.82, 2.24) is 15.2 Å². The first-order valence-electron chi connectivity index (χ1n) is 10.4. The maximum atomic E-state index is 12.8. The summed E-state index contributed by atoms with van der Waals surface area (Å²) in [5.74, 6) is 0.723. The number of amides is 1. The van der Waals surface area contributed by atoms with Crippen molar-refractivity contribution in [2.45, 2.75) is 52.0 Å². The number of benzene rings is 1. The maximum Gasteiger partial charge on any atom is 0.234 e. The van der Waals surface area contributed by atoms with Crippen LogP contribution in [0.5, 0.6) is 0 Å². The van der Waals surface area contributed by atoms with Gasteiger partial charge < -0.3 is 5.32 Å². The van der Waals surface area contributed by atoms with E-state index in [1.54, 1.807) is 6.20 Å². The number of pyridine rings is 1. The van der Waals surface area contributed by atoms with Gasteiger partial charge in [0.25, 0.3) is 0 Å². The molecular formula is C24H33N3O. The molecule has 1 aromatic heterocycles. The molecule has 1 atom stereocenters. The molecule has 0 spiro atoms. The summed E-state index contributed by atoms with van der Waals surface area (Å²) < 4.78 is 0. The highest BCUT2D eigenvalue weighted by Gasteiger charge is 2.25. The fourth-order valence-electron chi connectivity index (χ4n) is 4.04. The molecule has 0 saturated carbocycles. The van der Waals surface area contributed by atoms with Gasteiger partial charge in [-0.25, -0.2) is 0 Å². The zero-order valence-electron chi connectivity index (χ0n) is 17.4. The largest absolute Gasteiger partial charge is 0.348 e. The molecule has 1 saturated heterocycles. The molecule has 3 rings (SSSR count). The van der Waals surface area contributed by atoms with Gasteiger partial charge >= 0.3 is 0 Å². The molecule has 0 radical (unpaired) electrons. The second kappa shape index (κ2) is 9.33. The van der Waals surface area contributed by atoms with Crippen molar-refractivity contribution >= 4 is 5.91 Å². The Balaban J connectivity index is 1.53. The summed E-state index contributed by atoms with van der Waals surface area (Å²) in [7, 11) is 0. The second-order valence-electron chi connectivity index (χ2n) is 9.13. The highest BCUT2D eigenvalue weighted by molar-refractivity contribution is 5.78. The van der Waals surface area contributed by atoms with E-state index in [9.17, 15) is 4.79 Å². The molecule has 28 heavy (non-hydrogen) atoms. The lowest BCUT2D eigenvalue weighted by molar-refractivity contribution is -0.123. The average Bonchev–Trinajstić information content (AvgIpc) is 2.68. The van der Waals surface area contributed by atoms with Gasteiger partial charge in [-0.3, -0.25) is 14.7 Å². The number of carbonyl (C=O) groups is 1. The third kappa shape index (κ3) is 6.16. The van der Waals surface area contributed by atoms with Gasteiger partial charge in [0.15, 0.2) is 0 Å². The Kier molecular flexibility index (Phi) is 6.84. The smallest absolute Gasteiger partial charge is 0.234 e. The van der Waals surface area contributed by atoms with Gasteiger partial charge in [0.2, 0.25) is 5.91 Å². The standard InChI is InChI=1S/C24H33N3O/c1-24(2,3)16-22(21-10-7-13-25-17-21)26-23(28)18-27-14-11-20(12-15-27)19-8-5-4-6-9-19/h4-10,13,17,20,22H,11-12,14-16,18H2,1-3H3,(H,26,28). The summed E-state index contributed by atoms with van der Waals surface area (Å²) in [5, 5.41) is 3.26. The van der Waals surface area contributed by atoms with Crippen LogP contribution < -0.4 is 5.32 Å². The lowest BCUT2D eigenvalue weighted by Gasteiger charge is -2.32. The Morgan fingerprint density at radius 2 is 1.86 bits per heavy atom. The van der Waals surface area contributed by atoms with Crippen LogP contribution in [0.25, 0.3) is 0 Å². The van der Waals surface area contributed by atoms with Crippen LogP contribution in [0, 0.1) is 5.41 Å². The summed E-state index contributed by atoms with van der Waals surface area (Å²) in [6, 6.07) is 14.7. The minimum absolute atomic E-state index is 0.00283. The average molecular weight is 380 g/mol. The number of nitrogens with zero attached hydrogens (tertiary/aromatic N) is 2. The van der Waals surface area contributed by atoms with Gasteiger partial charge in [0, 0.05) is 12.4 Å². The Morgan fingerprint density at radius 3 is 2.46 bits per heavy atom. The van der Waals surface area contributed by atoms with E-state index in [2.05, 4.69) is 72.4 Å². The number of hydrogen-bond donors (Lipinski definition) is 1. The van der Waals surface area contributed by atoms with E-state index in [1.165, 1.54) is 5.56 Å². The first-order valence-corrected chi connectivity index (χ1v) is 10.4. The molecule has 1 amide bonds. The second-order valence-corrected chi connectivity index (χ2v) is 9.13. The zero-order valence-corrected chi connectivity index (χ0v) is 17.4. The Bertz CT molecular complexity index is 731.